The van der Waals surface area contributed by atoms with E-state index < -0.39 is 5.97 Å². The summed E-state index contributed by atoms with van der Waals surface area (Å²) in [6, 6.07) is 0. The Kier molecular flexibility index (Phi) is 2.76. The van der Waals surface area contributed by atoms with Gasteiger partial charge in [0.05, 0.1) is 7.11 Å². The van der Waals surface area contributed by atoms with Crippen LogP contribution in [0.15, 0.2) is 6.33 Å². The first-order valence-electron chi connectivity index (χ1n) is 3.45. The molecule has 0 saturated carbocycles. The maximum Gasteiger partial charge on any atom is 0.376 e. The van der Waals surface area contributed by atoms with E-state index in [9.17, 15) is 4.79 Å². The number of carbonyl (C=O) groups excluding carboxylic acids is 1. The van der Waals surface area contributed by atoms with Crippen molar-refractivity contribution in [2.45, 2.75) is 6.54 Å². The second-order valence-electron chi connectivity index (χ2n) is 2.13. The van der Waals surface area contributed by atoms with Crippen molar-refractivity contribution >= 4 is 5.97 Å². The molecule has 6 heteroatoms. The van der Waals surface area contributed by atoms with Gasteiger partial charge < -0.3 is 15.0 Å². The van der Waals surface area contributed by atoms with E-state index in [2.05, 4.69) is 14.9 Å². The largest absolute Gasteiger partial charge is 0.463 e. The maximum absolute atomic E-state index is 11.0. The van der Waals surface area contributed by atoms with E-state index in [1.165, 1.54) is 13.4 Å². The normalized spacial score (nSPS) is 9.83. The van der Waals surface area contributed by atoms with Gasteiger partial charge in [-0.05, 0) is 0 Å². The van der Waals surface area contributed by atoms with Crippen molar-refractivity contribution in [3.05, 3.63) is 12.2 Å². The van der Waals surface area contributed by atoms with Crippen LogP contribution in [0.5, 0.6) is 0 Å². The summed E-state index contributed by atoms with van der Waals surface area (Å²) in [4.78, 5) is 11.0. The predicted molar refractivity (Wildman–Crippen MR) is 40.4 cm³/mol. The van der Waals surface area contributed by atoms with Crippen molar-refractivity contribution in [1.29, 1.82) is 0 Å². The average Bonchev–Trinajstić information content (AvgIpc) is 2.52. The van der Waals surface area contributed by atoms with E-state index in [1.807, 2.05) is 0 Å². The lowest BCUT2D eigenvalue weighted by molar-refractivity contribution is 0.0580. The molecular weight excluding hydrogens is 160 g/mol. The van der Waals surface area contributed by atoms with Crippen LogP contribution in [-0.4, -0.2) is 34.4 Å². The highest BCUT2D eigenvalue weighted by Crippen LogP contribution is 1.95. The molecule has 66 valence electrons. The monoisotopic (exact) mass is 170 g/mol. The smallest absolute Gasteiger partial charge is 0.376 e. The van der Waals surface area contributed by atoms with Crippen LogP contribution >= 0.6 is 0 Å². The van der Waals surface area contributed by atoms with Crippen molar-refractivity contribution in [2.75, 3.05) is 13.7 Å². The molecule has 0 aromatic carbocycles. The van der Waals surface area contributed by atoms with Crippen LogP contribution < -0.4 is 5.73 Å². The Balaban J connectivity index is 2.83. The molecule has 6 nitrogen and oxygen atoms in total. The second kappa shape index (κ2) is 3.82. The highest BCUT2D eigenvalue weighted by atomic mass is 16.5. The summed E-state index contributed by atoms with van der Waals surface area (Å²) in [7, 11) is 1.30. The maximum atomic E-state index is 11.0. The number of nitrogens with zero attached hydrogens (tertiary/aromatic N) is 3. The minimum atomic E-state index is -0.499. The van der Waals surface area contributed by atoms with Crippen LogP contribution in [0, 0.1) is 0 Å². The lowest BCUT2D eigenvalue weighted by atomic mass is 10.5. The van der Waals surface area contributed by atoms with Crippen LogP contribution in [0.25, 0.3) is 0 Å². The van der Waals surface area contributed by atoms with E-state index in [4.69, 9.17) is 5.73 Å². The Morgan fingerprint density at radius 1 is 1.83 bits per heavy atom. The number of ether oxygens (including phenoxy) is 1. The highest BCUT2D eigenvalue weighted by Gasteiger charge is 2.12. The van der Waals surface area contributed by atoms with E-state index in [0.717, 1.165) is 0 Å². The fourth-order valence-corrected chi connectivity index (χ4v) is 0.807. The third-order valence-corrected chi connectivity index (χ3v) is 1.35. The standard InChI is InChI=1S/C6H10N4O2/c1-12-6(11)5-9-8-4-10(5)3-2-7/h4H,2-3,7H2,1H3. The summed E-state index contributed by atoms with van der Waals surface area (Å²) >= 11 is 0. The lowest BCUT2D eigenvalue weighted by Crippen LogP contribution is -2.16. The zero-order chi connectivity index (χ0) is 8.97. The number of methoxy groups -OCH3 is 1. The molecule has 2 N–H and O–H groups in total. The highest BCUT2D eigenvalue weighted by molar-refractivity contribution is 5.85. The summed E-state index contributed by atoms with van der Waals surface area (Å²) in [6.07, 6.45) is 1.44. The molecule has 12 heavy (non-hydrogen) atoms. The Labute approximate surface area is 69.3 Å². The van der Waals surface area contributed by atoms with E-state index in [1.54, 1.807) is 4.57 Å². The zero-order valence-electron chi connectivity index (χ0n) is 6.73. The second-order valence-corrected chi connectivity index (χ2v) is 2.13. The molecule has 0 amide bonds. The minimum Gasteiger partial charge on any atom is -0.463 e. The lowest BCUT2D eigenvalue weighted by Gasteiger charge is -2.01. The number of carbonyl (C=O) groups is 1. The van der Waals surface area contributed by atoms with Gasteiger partial charge in [0.2, 0.25) is 5.82 Å². The molecule has 0 aliphatic carbocycles. The number of esters is 1. The Bertz CT molecular complexity index is 270. The molecule has 0 unspecified atom stereocenters. The predicted octanol–water partition coefficient (Wildman–Crippen LogP) is -0.977. The van der Waals surface area contributed by atoms with E-state index in [0.29, 0.717) is 13.1 Å². The number of hydrogen-bond acceptors (Lipinski definition) is 5. The molecule has 1 aromatic rings. The first kappa shape index (κ1) is 8.66. The van der Waals surface area contributed by atoms with Crippen LogP contribution in [-0.2, 0) is 11.3 Å². The molecule has 0 aliphatic heterocycles. The molecule has 0 bridgehead atoms. The third-order valence-electron chi connectivity index (χ3n) is 1.35. The van der Waals surface area contributed by atoms with Crippen LogP contribution in [0.4, 0.5) is 0 Å². The molecule has 0 saturated heterocycles. The molecule has 1 heterocycles. The van der Waals surface area contributed by atoms with Crippen LogP contribution in [0.3, 0.4) is 0 Å². The van der Waals surface area contributed by atoms with Crippen molar-refractivity contribution in [1.82, 2.24) is 14.8 Å². The van der Waals surface area contributed by atoms with Gasteiger partial charge in [0, 0.05) is 13.1 Å². The summed E-state index contributed by atoms with van der Waals surface area (Å²) in [6.45, 7) is 0.944. The van der Waals surface area contributed by atoms with Gasteiger partial charge in [-0.3, -0.25) is 0 Å². The van der Waals surface area contributed by atoms with Gasteiger partial charge >= 0.3 is 5.97 Å². The van der Waals surface area contributed by atoms with Crippen LogP contribution in [0.1, 0.15) is 10.6 Å². The summed E-state index contributed by atoms with van der Waals surface area (Å²) < 4.78 is 6.03. The van der Waals surface area contributed by atoms with Crippen molar-refractivity contribution in [2.24, 2.45) is 5.73 Å². The average molecular weight is 170 g/mol. The first-order chi connectivity index (χ1) is 5.79. The molecule has 0 atom stereocenters. The Morgan fingerprint density at radius 2 is 2.58 bits per heavy atom. The van der Waals surface area contributed by atoms with Gasteiger partial charge in [0.1, 0.15) is 6.33 Å². The van der Waals surface area contributed by atoms with Gasteiger partial charge in [-0.25, -0.2) is 4.79 Å². The van der Waals surface area contributed by atoms with Gasteiger partial charge in [-0.2, -0.15) is 0 Å². The van der Waals surface area contributed by atoms with Gasteiger partial charge in [-0.15, -0.1) is 10.2 Å². The van der Waals surface area contributed by atoms with E-state index >= 15 is 0 Å². The van der Waals surface area contributed by atoms with E-state index in [-0.39, 0.29) is 5.82 Å². The van der Waals surface area contributed by atoms with Gasteiger partial charge in [0.15, 0.2) is 0 Å². The molecule has 0 spiro atoms. The van der Waals surface area contributed by atoms with Gasteiger partial charge in [-0.1, -0.05) is 0 Å². The topological polar surface area (TPSA) is 83.0 Å². The van der Waals surface area contributed by atoms with Crippen molar-refractivity contribution < 1.29 is 9.53 Å². The fraction of sp³-hybridized carbons (Fsp3) is 0.500. The molecule has 0 fully saturated rings. The summed E-state index contributed by atoms with van der Waals surface area (Å²) in [5, 5.41) is 7.15. The quantitative estimate of drug-likeness (QED) is 0.590. The minimum absolute atomic E-state index is 0.183. The Hall–Kier alpha value is -1.43. The third kappa shape index (κ3) is 1.59. The first-order valence-corrected chi connectivity index (χ1v) is 3.45. The van der Waals surface area contributed by atoms with Crippen molar-refractivity contribution in [3.63, 3.8) is 0 Å². The fourth-order valence-electron chi connectivity index (χ4n) is 0.807. The SMILES string of the molecule is COC(=O)c1nncn1CCN. The Morgan fingerprint density at radius 3 is 3.17 bits per heavy atom. The van der Waals surface area contributed by atoms with Crippen LogP contribution in [0.2, 0.25) is 0 Å². The molecule has 1 rings (SSSR count). The van der Waals surface area contributed by atoms with Crippen molar-refractivity contribution in [3.8, 4) is 0 Å². The van der Waals surface area contributed by atoms with Gasteiger partial charge in [0.25, 0.3) is 0 Å². The molecule has 1 aromatic heterocycles. The molecular formula is C6H10N4O2. The molecule has 0 aliphatic rings. The number of nitrogens with two attached hydrogens (primary N) is 1. The zero-order valence-corrected chi connectivity index (χ0v) is 6.73. The number of hydrogen-bond donors (Lipinski definition) is 1. The summed E-state index contributed by atoms with van der Waals surface area (Å²) in [5.41, 5.74) is 5.30. The number of rotatable bonds is 3. The summed E-state index contributed by atoms with van der Waals surface area (Å²) in [5.74, 6) is -0.316. The number of aromatic nitrogens is 3. The molecule has 0 radical (unpaired) electrons.